The molecule has 0 bridgehead atoms. The van der Waals surface area contributed by atoms with Crippen LogP contribution in [0.1, 0.15) is 23.6 Å². The van der Waals surface area contributed by atoms with Gasteiger partial charge in [-0.15, -0.1) is 0 Å². The van der Waals surface area contributed by atoms with Crippen LogP contribution in [0.2, 0.25) is 0 Å². The van der Waals surface area contributed by atoms with Crippen LogP contribution in [0.5, 0.6) is 11.5 Å². The van der Waals surface area contributed by atoms with Gasteiger partial charge >= 0.3 is 0 Å². The molecular weight excluding hydrogens is 290 g/mol. The van der Waals surface area contributed by atoms with Crippen LogP contribution in [0.25, 0.3) is 0 Å². The Balaban J connectivity index is 1.64. The van der Waals surface area contributed by atoms with Crippen LogP contribution < -0.4 is 4.74 Å². The summed E-state index contributed by atoms with van der Waals surface area (Å²) in [5.41, 5.74) is 2.17. The highest BCUT2D eigenvalue weighted by atomic mass is 16.5. The number of amides is 2. The molecule has 0 unspecified atom stereocenters. The van der Waals surface area contributed by atoms with E-state index in [0.717, 1.165) is 24.2 Å². The SMILES string of the molecule is O=C1C=CC(=O)N1[C@H]1CCc2ccc(Oc3ccccc3)cc21. The minimum absolute atomic E-state index is 0.195. The smallest absolute Gasteiger partial charge is 0.254 e. The van der Waals surface area contributed by atoms with E-state index in [9.17, 15) is 9.59 Å². The number of benzene rings is 2. The zero-order chi connectivity index (χ0) is 15.8. The minimum Gasteiger partial charge on any atom is -0.457 e. The van der Waals surface area contributed by atoms with E-state index in [-0.39, 0.29) is 17.9 Å². The van der Waals surface area contributed by atoms with Crippen molar-refractivity contribution in [2.45, 2.75) is 18.9 Å². The number of aryl methyl sites for hydroxylation is 1. The third-order valence-electron chi connectivity index (χ3n) is 4.30. The minimum atomic E-state index is -0.234. The van der Waals surface area contributed by atoms with E-state index in [2.05, 4.69) is 0 Å². The van der Waals surface area contributed by atoms with Gasteiger partial charge in [-0.3, -0.25) is 14.5 Å². The molecule has 4 rings (SSSR count). The van der Waals surface area contributed by atoms with Crippen molar-refractivity contribution in [1.29, 1.82) is 0 Å². The number of hydrogen-bond acceptors (Lipinski definition) is 3. The molecule has 0 N–H and O–H groups in total. The molecule has 1 aliphatic heterocycles. The maximum absolute atomic E-state index is 11.9. The van der Waals surface area contributed by atoms with Crippen LogP contribution in [0.3, 0.4) is 0 Å². The summed E-state index contributed by atoms with van der Waals surface area (Å²) in [6.07, 6.45) is 4.31. The van der Waals surface area contributed by atoms with Crippen molar-refractivity contribution >= 4 is 11.8 Å². The molecule has 2 aromatic carbocycles. The van der Waals surface area contributed by atoms with Crippen molar-refractivity contribution in [3.63, 3.8) is 0 Å². The first-order chi connectivity index (χ1) is 11.2. The third kappa shape index (κ3) is 2.42. The zero-order valence-corrected chi connectivity index (χ0v) is 12.4. The predicted octanol–water partition coefficient (Wildman–Crippen LogP) is 3.39. The molecule has 0 saturated carbocycles. The predicted molar refractivity (Wildman–Crippen MR) is 85.0 cm³/mol. The Morgan fingerprint density at radius 2 is 1.65 bits per heavy atom. The summed E-state index contributed by atoms with van der Waals surface area (Å²) in [4.78, 5) is 25.2. The van der Waals surface area contributed by atoms with E-state index in [1.54, 1.807) is 0 Å². The van der Waals surface area contributed by atoms with E-state index in [1.165, 1.54) is 22.6 Å². The molecule has 2 aromatic rings. The van der Waals surface area contributed by atoms with Gasteiger partial charge in [-0.25, -0.2) is 0 Å². The summed E-state index contributed by atoms with van der Waals surface area (Å²) in [7, 11) is 0. The lowest BCUT2D eigenvalue weighted by Gasteiger charge is -2.23. The zero-order valence-electron chi connectivity index (χ0n) is 12.4. The van der Waals surface area contributed by atoms with Crippen molar-refractivity contribution in [2.24, 2.45) is 0 Å². The van der Waals surface area contributed by atoms with Gasteiger partial charge in [0, 0.05) is 12.2 Å². The third-order valence-corrected chi connectivity index (χ3v) is 4.30. The average Bonchev–Trinajstić information content (AvgIpc) is 3.11. The Kier molecular flexibility index (Phi) is 3.23. The molecule has 4 heteroatoms. The van der Waals surface area contributed by atoms with Crippen LogP contribution in [-0.4, -0.2) is 16.7 Å². The van der Waals surface area contributed by atoms with Crippen molar-refractivity contribution in [1.82, 2.24) is 4.90 Å². The first-order valence-electron chi connectivity index (χ1n) is 7.63. The van der Waals surface area contributed by atoms with Gasteiger partial charge in [0.25, 0.3) is 11.8 Å². The number of carbonyl (C=O) groups excluding carboxylic acids is 2. The highest BCUT2D eigenvalue weighted by molar-refractivity contribution is 6.13. The van der Waals surface area contributed by atoms with Crippen molar-refractivity contribution < 1.29 is 14.3 Å². The molecule has 0 saturated heterocycles. The van der Waals surface area contributed by atoms with Gasteiger partial charge in [-0.05, 0) is 48.2 Å². The molecule has 0 spiro atoms. The Hall–Kier alpha value is -2.88. The van der Waals surface area contributed by atoms with Crippen LogP contribution in [0.4, 0.5) is 0 Å². The lowest BCUT2D eigenvalue weighted by atomic mass is 10.1. The standard InChI is InChI=1S/C19H15NO3/c21-18-10-11-19(22)20(18)17-9-7-13-6-8-15(12-16(13)17)23-14-4-2-1-3-5-14/h1-6,8,10-12,17H,7,9H2/t17-/m0/s1. The van der Waals surface area contributed by atoms with Crippen molar-refractivity contribution in [3.8, 4) is 11.5 Å². The second-order valence-corrected chi connectivity index (χ2v) is 5.71. The molecule has 1 heterocycles. The topological polar surface area (TPSA) is 46.6 Å². The van der Waals surface area contributed by atoms with E-state index < -0.39 is 0 Å². The first kappa shape index (κ1) is 13.8. The van der Waals surface area contributed by atoms with E-state index >= 15 is 0 Å². The monoisotopic (exact) mass is 305 g/mol. The molecule has 0 radical (unpaired) electrons. The average molecular weight is 305 g/mol. The molecule has 114 valence electrons. The fourth-order valence-corrected chi connectivity index (χ4v) is 3.23. The first-order valence-corrected chi connectivity index (χ1v) is 7.63. The molecule has 0 aromatic heterocycles. The maximum atomic E-state index is 11.9. The van der Waals surface area contributed by atoms with Gasteiger partial charge in [0.05, 0.1) is 6.04 Å². The van der Waals surface area contributed by atoms with Crippen LogP contribution >= 0.6 is 0 Å². The quantitative estimate of drug-likeness (QED) is 0.817. The van der Waals surface area contributed by atoms with Crippen LogP contribution in [0.15, 0.2) is 60.7 Å². The lowest BCUT2D eigenvalue weighted by Crippen LogP contribution is -2.33. The van der Waals surface area contributed by atoms with Crippen molar-refractivity contribution in [3.05, 3.63) is 71.8 Å². The molecular formula is C19H15NO3. The molecule has 4 nitrogen and oxygen atoms in total. The summed E-state index contributed by atoms with van der Waals surface area (Å²) in [5, 5.41) is 0. The molecule has 0 fully saturated rings. The second-order valence-electron chi connectivity index (χ2n) is 5.71. The Morgan fingerprint density at radius 3 is 2.39 bits per heavy atom. The Morgan fingerprint density at radius 1 is 0.913 bits per heavy atom. The molecule has 1 aliphatic carbocycles. The number of rotatable bonds is 3. The van der Waals surface area contributed by atoms with Gasteiger partial charge in [0.15, 0.2) is 0 Å². The van der Waals surface area contributed by atoms with Gasteiger partial charge < -0.3 is 4.74 Å². The Labute approximate surface area is 134 Å². The van der Waals surface area contributed by atoms with E-state index in [0.29, 0.717) is 5.75 Å². The molecule has 2 amide bonds. The van der Waals surface area contributed by atoms with Gasteiger partial charge in [-0.1, -0.05) is 24.3 Å². The summed E-state index contributed by atoms with van der Waals surface area (Å²) in [5.74, 6) is 1.01. The summed E-state index contributed by atoms with van der Waals surface area (Å²) in [6, 6.07) is 15.2. The van der Waals surface area contributed by atoms with E-state index in [1.807, 2.05) is 48.5 Å². The van der Waals surface area contributed by atoms with E-state index in [4.69, 9.17) is 4.74 Å². The summed E-state index contributed by atoms with van der Waals surface area (Å²) < 4.78 is 5.86. The fraction of sp³-hybridized carbons (Fsp3) is 0.158. The fourth-order valence-electron chi connectivity index (χ4n) is 3.23. The number of fused-ring (bicyclic) bond motifs is 1. The number of para-hydroxylation sites is 1. The van der Waals surface area contributed by atoms with Crippen LogP contribution in [-0.2, 0) is 16.0 Å². The Bertz CT molecular complexity index is 793. The largest absolute Gasteiger partial charge is 0.457 e. The number of carbonyl (C=O) groups is 2. The number of ether oxygens (including phenoxy) is 1. The molecule has 23 heavy (non-hydrogen) atoms. The van der Waals surface area contributed by atoms with Gasteiger partial charge in [0.1, 0.15) is 11.5 Å². The number of nitrogens with zero attached hydrogens (tertiary/aromatic N) is 1. The highest BCUT2D eigenvalue weighted by Crippen LogP contribution is 2.39. The summed E-state index contributed by atoms with van der Waals surface area (Å²) >= 11 is 0. The van der Waals surface area contributed by atoms with Crippen LogP contribution in [0, 0.1) is 0 Å². The molecule has 1 atom stereocenters. The van der Waals surface area contributed by atoms with Crippen molar-refractivity contribution in [2.75, 3.05) is 0 Å². The lowest BCUT2D eigenvalue weighted by molar-refractivity contribution is -0.139. The number of imide groups is 1. The summed E-state index contributed by atoms with van der Waals surface area (Å²) in [6.45, 7) is 0. The van der Waals surface area contributed by atoms with Gasteiger partial charge in [-0.2, -0.15) is 0 Å². The van der Waals surface area contributed by atoms with Gasteiger partial charge in [0.2, 0.25) is 0 Å². The number of hydrogen-bond donors (Lipinski definition) is 0. The second kappa shape index (κ2) is 5.39. The maximum Gasteiger partial charge on any atom is 0.254 e. The molecule has 2 aliphatic rings. The normalized spacial score (nSPS) is 19.3. The highest BCUT2D eigenvalue weighted by Gasteiger charge is 2.36.